The number of H-pyrrole nitrogens is 1. The molecule has 6 nitrogen and oxygen atoms in total. The molecule has 130 valence electrons. The number of aromatic nitrogens is 2. The Balaban J connectivity index is 1.30. The van der Waals surface area contributed by atoms with Crippen LogP contribution in [0.1, 0.15) is 24.2 Å². The molecule has 4 rings (SSSR count). The highest BCUT2D eigenvalue weighted by atomic mass is 16.2. The lowest BCUT2D eigenvalue weighted by Crippen LogP contribution is -2.37. The standard InChI is InChI=1S/C19H22N4O2/c24-18-8-13(11-23(18)15-4-2-1-3-5-15)10-20-19(25)14-6-7-16-17(9-14)22-12-21-16/h1-5,12-14H,6-11H2,(H,20,25)(H,21,22)/t13-,14+/m1/s1. The van der Waals surface area contributed by atoms with Crippen LogP contribution in [-0.4, -0.2) is 34.9 Å². The van der Waals surface area contributed by atoms with Crippen LogP contribution < -0.4 is 10.2 Å². The Labute approximate surface area is 146 Å². The second-order valence-electron chi connectivity index (χ2n) is 6.92. The quantitative estimate of drug-likeness (QED) is 0.890. The summed E-state index contributed by atoms with van der Waals surface area (Å²) in [6, 6.07) is 9.71. The van der Waals surface area contributed by atoms with Crippen LogP contribution in [0.2, 0.25) is 0 Å². The Bertz CT molecular complexity index is 771. The highest BCUT2D eigenvalue weighted by Gasteiger charge is 2.32. The lowest BCUT2D eigenvalue weighted by atomic mass is 9.89. The Kier molecular flexibility index (Phi) is 4.26. The molecule has 1 saturated heterocycles. The molecule has 0 saturated carbocycles. The number of imidazole rings is 1. The van der Waals surface area contributed by atoms with Crippen molar-refractivity contribution in [3.63, 3.8) is 0 Å². The molecule has 2 aliphatic rings. The van der Waals surface area contributed by atoms with Crippen LogP contribution in [0, 0.1) is 11.8 Å². The number of nitrogens with one attached hydrogen (secondary N) is 2. The number of hydrogen-bond acceptors (Lipinski definition) is 3. The van der Waals surface area contributed by atoms with Crippen molar-refractivity contribution in [3.8, 4) is 0 Å². The number of hydrogen-bond donors (Lipinski definition) is 2. The van der Waals surface area contributed by atoms with E-state index in [0.717, 1.165) is 36.3 Å². The normalized spacial score (nSPS) is 22.7. The number of aryl methyl sites for hydroxylation is 1. The van der Waals surface area contributed by atoms with Gasteiger partial charge in [0.05, 0.1) is 12.0 Å². The third kappa shape index (κ3) is 3.29. The summed E-state index contributed by atoms with van der Waals surface area (Å²) in [5.74, 6) is 0.384. The zero-order chi connectivity index (χ0) is 17.2. The van der Waals surface area contributed by atoms with Crippen LogP contribution in [0.15, 0.2) is 36.7 Å². The predicted molar refractivity (Wildman–Crippen MR) is 94.0 cm³/mol. The van der Waals surface area contributed by atoms with Crippen LogP contribution in [-0.2, 0) is 22.4 Å². The molecule has 0 radical (unpaired) electrons. The first-order chi connectivity index (χ1) is 12.2. The van der Waals surface area contributed by atoms with Gasteiger partial charge in [-0.1, -0.05) is 18.2 Å². The van der Waals surface area contributed by atoms with Crippen LogP contribution in [0.3, 0.4) is 0 Å². The van der Waals surface area contributed by atoms with E-state index in [-0.39, 0.29) is 23.7 Å². The summed E-state index contributed by atoms with van der Waals surface area (Å²) >= 11 is 0. The van der Waals surface area contributed by atoms with Crippen LogP contribution in [0.25, 0.3) is 0 Å². The lowest BCUT2D eigenvalue weighted by molar-refractivity contribution is -0.125. The molecule has 25 heavy (non-hydrogen) atoms. The van der Waals surface area contributed by atoms with E-state index in [1.54, 1.807) is 6.33 Å². The number of para-hydroxylation sites is 1. The van der Waals surface area contributed by atoms with E-state index >= 15 is 0 Å². The third-order valence-electron chi connectivity index (χ3n) is 5.20. The van der Waals surface area contributed by atoms with Gasteiger partial charge < -0.3 is 15.2 Å². The number of aromatic amines is 1. The fourth-order valence-corrected chi connectivity index (χ4v) is 3.79. The molecular weight excluding hydrogens is 316 g/mol. The molecular formula is C19H22N4O2. The summed E-state index contributed by atoms with van der Waals surface area (Å²) in [6.45, 7) is 1.22. The Morgan fingerprint density at radius 3 is 2.96 bits per heavy atom. The molecule has 1 aliphatic carbocycles. The summed E-state index contributed by atoms with van der Waals surface area (Å²) < 4.78 is 0. The van der Waals surface area contributed by atoms with Crippen molar-refractivity contribution in [2.24, 2.45) is 11.8 Å². The van der Waals surface area contributed by atoms with Crippen molar-refractivity contribution in [3.05, 3.63) is 48.0 Å². The van der Waals surface area contributed by atoms with E-state index in [9.17, 15) is 9.59 Å². The summed E-state index contributed by atoms with van der Waals surface area (Å²) in [6.07, 6.45) is 4.60. The fraction of sp³-hybridized carbons (Fsp3) is 0.421. The number of anilines is 1. The van der Waals surface area contributed by atoms with Gasteiger partial charge in [-0.15, -0.1) is 0 Å². The maximum Gasteiger partial charge on any atom is 0.227 e. The number of carbonyl (C=O) groups is 2. The second-order valence-corrected chi connectivity index (χ2v) is 6.92. The largest absolute Gasteiger partial charge is 0.355 e. The molecule has 1 fully saturated rings. The van der Waals surface area contributed by atoms with Gasteiger partial charge in [-0.3, -0.25) is 9.59 Å². The minimum Gasteiger partial charge on any atom is -0.355 e. The summed E-state index contributed by atoms with van der Waals surface area (Å²) in [5, 5.41) is 3.06. The van der Waals surface area contributed by atoms with Crippen molar-refractivity contribution in [1.82, 2.24) is 15.3 Å². The maximum atomic E-state index is 12.5. The molecule has 1 aliphatic heterocycles. The Morgan fingerprint density at radius 2 is 2.12 bits per heavy atom. The molecule has 1 aromatic carbocycles. The fourth-order valence-electron chi connectivity index (χ4n) is 3.79. The zero-order valence-electron chi connectivity index (χ0n) is 14.1. The van der Waals surface area contributed by atoms with Crippen LogP contribution in [0.5, 0.6) is 0 Å². The number of fused-ring (bicyclic) bond motifs is 1. The average Bonchev–Trinajstić information content (AvgIpc) is 3.26. The van der Waals surface area contributed by atoms with E-state index < -0.39 is 0 Å². The second kappa shape index (κ2) is 6.70. The van der Waals surface area contributed by atoms with Gasteiger partial charge in [-0.2, -0.15) is 0 Å². The minimum absolute atomic E-state index is 0.00437. The Morgan fingerprint density at radius 1 is 1.28 bits per heavy atom. The number of nitrogens with zero attached hydrogens (tertiary/aromatic N) is 2. The molecule has 6 heteroatoms. The molecule has 2 amide bonds. The summed E-state index contributed by atoms with van der Waals surface area (Å²) in [4.78, 5) is 33.9. The number of benzene rings is 1. The van der Waals surface area contributed by atoms with Gasteiger partial charge in [0.2, 0.25) is 11.8 Å². The van der Waals surface area contributed by atoms with E-state index in [4.69, 9.17) is 0 Å². The minimum atomic E-state index is -0.00437. The van der Waals surface area contributed by atoms with Gasteiger partial charge in [0, 0.05) is 49.1 Å². The van der Waals surface area contributed by atoms with Crippen molar-refractivity contribution in [2.75, 3.05) is 18.0 Å². The van der Waals surface area contributed by atoms with Crippen molar-refractivity contribution in [2.45, 2.75) is 25.7 Å². The highest BCUT2D eigenvalue weighted by Crippen LogP contribution is 2.25. The van der Waals surface area contributed by atoms with Gasteiger partial charge in [0.1, 0.15) is 0 Å². The smallest absolute Gasteiger partial charge is 0.227 e. The van der Waals surface area contributed by atoms with Crippen LogP contribution >= 0.6 is 0 Å². The highest BCUT2D eigenvalue weighted by molar-refractivity contribution is 5.95. The monoisotopic (exact) mass is 338 g/mol. The van der Waals surface area contributed by atoms with Gasteiger partial charge in [0.25, 0.3) is 0 Å². The molecule has 2 N–H and O–H groups in total. The molecule has 0 bridgehead atoms. The number of carbonyl (C=O) groups excluding carboxylic acids is 2. The SMILES string of the molecule is O=C(NC[C@H]1CC(=O)N(c2ccccc2)C1)[C@H]1CCc2nc[nH]c2C1. The molecule has 1 aromatic heterocycles. The number of amides is 2. The Hall–Kier alpha value is -2.63. The lowest BCUT2D eigenvalue weighted by Gasteiger charge is -2.21. The van der Waals surface area contributed by atoms with E-state index in [2.05, 4.69) is 15.3 Å². The third-order valence-corrected chi connectivity index (χ3v) is 5.20. The van der Waals surface area contributed by atoms with Gasteiger partial charge in [0.15, 0.2) is 0 Å². The summed E-state index contributed by atoms with van der Waals surface area (Å²) in [7, 11) is 0. The summed E-state index contributed by atoms with van der Waals surface area (Å²) in [5.41, 5.74) is 3.10. The molecule has 0 spiro atoms. The first-order valence-corrected chi connectivity index (χ1v) is 8.85. The maximum absolute atomic E-state index is 12.5. The van der Waals surface area contributed by atoms with Crippen molar-refractivity contribution < 1.29 is 9.59 Å². The van der Waals surface area contributed by atoms with Gasteiger partial charge in [-0.25, -0.2) is 4.98 Å². The van der Waals surface area contributed by atoms with E-state index in [1.165, 1.54) is 0 Å². The average molecular weight is 338 g/mol. The van der Waals surface area contributed by atoms with Crippen molar-refractivity contribution in [1.29, 1.82) is 0 Å². The van der Waals surface area contributed by atoms with E-state index in [0.29, 0.717) is 19.5 Å². The number of rotatable bonds is 4. The van der Waals surface area contributed by atoms with E-state index in [1.807, 2.05) is 35.2 Å². The topological polar surface area (TPSA) is 78.1 Å². The van der Waals surface area contributed by atoms with Crippen LogP contribution in [0.4, 0.5) is 5.69 Å². The first-order valence-electron chi connectivity index (χ1n) is 8.85. The molecule has 2 atom stereocenters. The molecule has 2 heterocycles. The van der Waals surface area contributed by atoms with Crippen molar-refractivity contribution >= 4 is 17.5 Å². The molecule has 2 aromatic rings. The van der Waals surface area contributed by atoms with Gasteiger partial charge in [-0.05, 0) is 25.0 Å². The molecule has 0 unspecified atom stereocenters. The zero-order valence-corrected chi connectivity index (χ0v) is 14.1. The first kappa shape index (κ1) is 15.9. The predicted octanol–water partition coefficient (Wildman–Crippen LogP) is 1.68. The van der Waals surface area contributed by atoms with Gasteiger partial charge >= 0.3 is 0 Å².